The Morgan fingerprint density at radius 3 is 2.88 bits per heavy atom. The van der Waals surface area contributed by atoms with Crippen molar-refractivity contribution < 1.29 is 15.0 Å². The predicted molar refractivity (Wildman–Crippen MR) is 60.0 cm³/mol. The van der Waals surface area contributed by atoms with Gasteiger partial charge in [0.2, 0.25) is 0 Å². The summed E-state index contributed by atoms with van der Waals surface area (Å²) in [7, 11) is 0. The van der Waals surface area contributed by atoms with Crippen molar-refractivity contribution in [3.05, 3.63) is 29.8 Å². The molecule has 3 nitrogen and oxygen atoms in total. The maximum Gasteiger partial charge on any atom is 0.126 e. The van der Waals surface area contributed by atoms with Crippen molar-refractivity contribution in [2.24, 2.45) is 5.92 Å². The molecule has 0 aliphatic heterocycles. The average Bonchev–Trinajstić information content (AvgIpc) is 2.30. The zero-order valence-corrected chi connectivity index (χ0v) is 9.10. The second-order valence-corrected chi connectivity index (χ2v) is 4.46. The van der Waals surface area contributed by atoms with Crippen molar-refractivity contribution in [1.82, 2.24) is 0 Å². The highest BCUT2D eigenvalue weighted by atomic mass is 16.3. The average molecular weight is 220 g/mol. The predicted octanol–water partition coefficient (Wildman–Crippen LogP) is 1.97. The van der Waals surface area contributed by atoms with Gasteiger partial charge >= 0.3 is 0 Å². The van der Waals surface area contributed by atoms with Gasteiger partial charge < -0.3 is 15.0 Å². The summed E-state index contributed by atoms with van der Waals surface area (Å²) in [5.41, 5.74) is -0.456. The third-order valence-electron chi connectivity index (χ3n) is 3.45. The van der Waals surface area contributed by atoms with E-state index in [4.69, 9.17) is 0 Å². The monoisotopic (exact) mass is 220 g/mol. The van der Waals surface area contributed by atoms with Gasteiger partial charge in [0.05, 0.1) is 5.60 Å². The molecule has 2 N–H and O–H groups in total. The maximum atomic E-state index is 11.0. The third-order valence-corrected chi connectivity index (χ3v) is 3.45. The zero-order chi connectivity index (χ0) is 11.6. The van der Waals surface area contributed by atoms with Crippen LogP contribution in [0.2, 0.25) is 0 Å². The van der Waals surface area contributed by atoms with E-state index >= 15 is 0 Å². The SMILES string of the molecule is O=C[C@H]1CCCC[C@]1(O)c1cccc(O)c1. The Kier molecular flexibility index (Phi) is 2.97. The molecule has 1 aliphatic rings. The molecule has 86 valence electrons. The van der Waals surface area contributed by atoms with Crippen LogP contribution in [-0.4, -0.2) is 16.5 Å². The van der Waals surface area contributed by atoms with E-state index in [-0.39, 0.29) is 11.7 Å². The third kappa shape index (κ3) is 1.83. The standard InChI is InChI=1S/C13H16O3/c14-9-11-4-1-2-7-13(11,16)10-5-3-6-12(15)8-10/h3,5-6,8-9,11,15-16H,1-2,4,7H2/t11-,13+/m1/s1. The van der Waals surface area contributed by atoms with Crippen LogP contribution in [0.3, 0.4) is 0 Å². The van der Waals surface area contributed by atoms with Gasteiger partial charge in [-0.1, -0.05) is 25.0 Å². The summed E-state index contributed by atoms with van der Waals surface area (Å²) >= 11 is 0. The Labute approximate surface area is 94.7 Å². The van der Waals surface area contributed by atoms with Gasteiger partial charge in [-0.3, -0.25) is 0 Å². The Morgan fingerprint density at radius 2 is 2.19 bits per heavy atom. The number of carbonyl (C=O) groups excluding carboxylic acids is 1. The van der Waals surface area contributed by atoms with Crippen LogP contribution in [-0.2, 0) is 10.4 Å². The molecular formula is C13H16O3. The van der Waals surface area contributed by atoms with Crippen molar-refractivity contribution in [3.8, 4) is 5.75 Å². The van der Waals surface area contributed by atoms with E-state index < -0.39 is 5.60 Å². The van der Waals surface area contributed by atoms with E-state index in [1.54, 1.807) is 24.3 Å². The number of aromatic hydroxyl groups is 1. The van der Waals surface area contributed by atoms with Gasteiger partial charge in [-0.25, -0.2) is 0 Å². The van der Waals surface area contributed by atoms with E-state index in [1.165, 1.54) is 0 Å². The summed E-state index contributed by atoms with van der Waals surface area (Å²) in [5.74, 6) is -0.232. The lowest BCUT2D eigenvalue weighted by molar-refractivity contribution is -0.125. The fourth-order valence-electron chi connectivity index (χ4n) is 2.50. The summed E-state index contributed by atoms with van der Waals surface area (Å²) in [4.78, 5) is 11.0. The maximum absolute atomic E-state index is 11.0. The number of carbonyl (C=O) groups is 1. The van der Waals surface area contributed by atoms with Gasteiger partial charge in [-0.15, -0.1) is 0 Å². The highest BCUT2D eigenvalue weighted by Crippen LogP contribution is 2.41. The minimum absolute atomic E-state index is 0.126. The molecule has 1 saturated carbocycles. The second kappa shape index (κ2) is 4.26. The fourth-order valence-corrected chi connectivity index (χ4v) is 2.50. The summed E-state index contributed by atoms with van der Waals surface area (Å²) < 4.78 is 0. The summed E-state index contributed by atoms with van der Waals surface area (Å²) in [6.45, 7) is 0. The Bertz CT molecular complexity index is 389. The van der Waals surface area contributed by atoms with Gasteiger partial charge in [0.1, 0.15) is 12.0 Å². The Morgan fingerprint density at radius 1 is 1.38 bits per heavy atom. The van der Waals surface area contributed by atoms with Gasteiger partial charge in [0, 0.05) is 5.92 Å². The van der Waals surface area contributed by atoms with Crippen molar-refractivity contribution in [2.45, 2.75) is 31.3 Å². The van der Waals surface area contributed by atoms with Crippen LogP contribution >= 0.6 is 0 Å². The van der Waals surface area contributed by atoms with Crippen LogP contribution < -0.4 is 0 Å². The first-order valence-corrected chi connectivity index (χ1v) is 5.64. The fraction of sp³-hybridized carbons (Fsp3) is 0.462. The van der Waals surface area contributed by atoms with Crippen LogP contribution in [0.25, 0.3) is 0 Å². The molecule has 1 aromatic carbocycles. The Hall–Kier alpha value is -1.35. The van der Waals surface area contributed by atoms with Crippen LogP contribution in [0.15, 0.2) is 24.3 Å². The molecule has 0 aromatic heterocycles. The molecule has 0 heterocycles. The minimum Gasteiger partial charge on any atom is -0.508 e. The molecule has 0 bridgehead atoms. The van der Waals surface area contributed by atoms with Crippen LogP contribution in [0.1, 0.15) is 31.2 Å². The molecular weight excluding hydrogens is 204 g/mol. The number of hydrogen-bond acceptors (Lipinski definition) is 3. The molecule has 2 rings (SSSR count). The van der Waals surface area contributed by atoms with E-state index in [2.05, 4.69) is 0 Å². The molecule has 0 amide bonds. The van der Waals surface area contributed by atoms with Gasteiger partial charge in [-0.2, -0.15) is 0 Å². The quantitative estimate of drug-likeness (QED) is 0.749. The molecule has 3 heteroatoms. The molecule has 0 saturated heterocycles. The zero-order valence-electron chi connectivity index (χ0n) is 9.10. The lowest BCUT2D eigenvalue weighted by atomic mass is 9.72. The first kappa shape index (κ1) is 11.1. The Balaban J connectivity index is 2.38. The van der Waals surface area contributed by atoms with Crippen molar-refractivity contribution in [3.63, 3.8) is 0 Å². The molecule has 16 heavy (non-hydrogen) atoms. The topological polar surface area (TPSA) is 57.5 Å². The van der Waals surface area contributed by atoms with Gasteiger partial charge in [-0.05, 0) is 30.5 Å². The number of rotatable bonds is 2. The van der Waals surface area contributed by atoms with Crippen molar-refractivity contribution in [1.29, 1.82) is 0 Å². The number of aliphatic hydroxyl groups is 1. The molecule has 1 fully saturated rings. The number of phenolic OH excluding ortho intramolecular Hbond substituents is 1. The van der Waals surface area contributed by atoms with E-state index in [0.717, 1.165) is 25.5 Å². The van der Waals surface area contributed by atoms with Crippen LogP contribution in [0.4, 0.5) is 0 Å². The number of aldehydes is 1. The number of benzene rings is 1. The summed E-state index contributed by atoms with van der Waals surface area (Å²) in [5, 5.41) is 20.0. The van der Waals surface area contributed by atoms with Crippen LogP contribution in [0.5, 0.6) is 5.75 Å². The highest BCUT2D eigenvalue weighted by molar-refractivity contribution is 5.57. The van der Waals surface area contributed by atoms with E-state index in [0.29, 0.717) is 12.0 Å². The first-order chi connectivity index (χ1) is 7.66. The minimum atomic E-state index is -1.10. The normalized spacial score (nSPS) is 29.9. The number of hydrogen-bond donors (Lipinski definition) is 2. The molecule has 0 radical (unpaired) electrons. The lowest BCUT2D eigenvalue weighted by Crippen LogP contribution is -2.38. The second-order valence-electron chi connectivity index (χ2n) is 4.46. The molecule has 1 aliphatic carbocycles. The van der Waals surface area contributed by atoms with Crippen molar-refractivity contribution in [2.75, 3.05) is 0 Å². The molecule has 0 unspecified atom stereocenters. The molecule has 0 spiro atoms. The van der Waals surface area contributed by atoms with E-state index in [9.17, 15) is 15.0 Å². The van der Waals surface area contributed by atoms with Crippen LogP contribution in [0, 0.1) is 5.92 Å². The summed E-state index contributed by atoms with van der Waals surface area (Å²) in [6.07, 6.45) is 4.03. The smallest absolute Gasteiger partial charge is 0.126 e. The number of phenols is 1. The largest absolute Gasteiger partial charge is 0.508 e. The lowest BCUT2D eigenvalue weighted by Gasteiger charge is -2.37. The molecule has 2 atom stereocenters. The highest BCUT2D eigenvalue weighted by Gasteiger charge is 2.40. The van der Waals surface area contributed by atoms with E-state index in [1.807, 2.05) is 0 Å². The van der Waals surface area contributed by atoms with Gasteiger partial charge in [0.15, 0.2) is 0 Å². The van der Waals surface area contributed by atoms with Gasteiger partial charge in [0.25, 0.3) is 0 Å². The summed E-state index contributed by atoms with van der Waals surface area (Å²) in [6, 6.07) is 6.56. The first-order valence-electron chi connectivity index (χ1n) is 5.64. The molecule has 1 aromatic rings. The van der Waals surface area contributed by atoms with Crippen molar-refractivity contribution >= 4 is 6.29 Å².